The first kappa shape index (κ1) is 16.6. The zero-order valence-electron chi connectivity index (χ0n) is 11.8. The third-order valence-electron chi connectivity index (χ3n) is 3.68. The van der Waals surface area contributed by atoms with Crippen LogP contribution in [0.1, 0.15) is 11.6 Å². The number of hydrogen-bond donors (Lipinski definition) is 1. The SMILES string of the molecule is CS(=O)(=O)N1CCN(C(CN)c2cc(F)cc(Cl)c2)CC1. The molecule has 118 valence electrons. The van der Waals surface area contributed by atoms with E-state index in [1.165, 1.54) is 22.7 Å². The predicted octanol–water partition coefficient (Wildman–Crippen LogP) is 1.06. The fraction of sp³-hybridized carbons (Fsp3) is 0.538. The monoisotopic (exact) mass is 335 g/mol. The predicted molar refractivity (Wildman–Crippen MR) is 81.2 cm³/mol. The van der Waals surface area contributed by atoms with Gasteiger partial charge in [0.2, 0.25) is 10.0 Å². The van der Waals surface area contributed by atoms with Gasteiger partial charge in [-0.15, -0.1) is 0 Å². The van der Waals surface area contributed by atoms with Crippen molar-refractivity contribution >= 4 is 21.6 Å². The Labute approximate surface area is 129 Å². The first-order valence-electron chi connectivity index (χ1n) is 6.66. The van der Waals surface area contributed by atoms with Crippen LogP contribution in [0.3, 0.4) is 0 Å². The van der Waals surface area contributed by atoms with Crippen LogP contribution in [-0.4, -0.2) is 56.6 Å². The lowest BCUT2D eigenvalue weighted by Gasteiger charge is -2.38. The zero-order chi connectivity index (χ0) is 15.6. The topological polar surface area (TPSA) is 66.6 Å². The lowest BCUT2D eigenvalue weighted by atomic mass is 10.0. The van der Waals surface area contributed by atoms with Gasteiger partial charge in [0.15, 0.2) is 0 Å². The Hall–Kier alpha value is -0.730. The van der Waals surface area contributed by atoms with Crippen molar-refractivity contribution in [3.8, 4) is 0 Å². The average Bonchev–Trinajstić information content (AvgIpc) is 2.38. The first-order chi connectivity index (χ1) is 9.81. The molecule has 0 radical (unpaired) electrons. The first-order valence-corrected chi connectivity index (χ1v) is 8.89. The van der Waals surface area contributed by atoms with Gasteiger partial charge in [0, 0.05) is 43.8 Å². The summed E-state index contributed by atoms with van der Waals surface area (Å²) in [4.78, 5) is 2.06. The van der Waals surface area contributed by atoms with Gasteiger partial charge in [0.05, 0.1) is 6.26 Å². The Morgan fingerprint density at radius 1 is 1.29 bits per heavy atom. The van der Waals surface area contributed by atoms with Crippen molar-refractivity contribution in [2.75, 3.05) is 39.0 Å². The normalized spacial score (nSPS) is 19.6. The van der Waals surface area contributed by atoms with Crippen LogP contribution in [0.25, 0.3) is 0 Å². The highest BCUT2D eigenvalue weighted by atomic mass is 35.5. The molecule has 2 N–H and O–H groups in total. The van der Waals surface area contributed by atoms with Crippen molar-refractivity contribution in [2.24, 2.45) is 5.73 Å². The van der Waals surface area contributed by atoms with Gasteiger partial charge in [0.25, 0.3) is 0 Å². The fourth-order valence-electron chi connectivity index (χ4n) is 2.61. The molecule has 21 heavy (non-hydrogen) atoms. The molecule has 2 rings (SSSR count). The van der Waals surface area contributed by atoms with E-state index < -0.39 is 15.8 Å². The van der Waals surface area contributed by atoms with Gasteiger partial charge in [-0.25, -0.2) is 12.8 Å². The Bertz CT molecular complexity index is 583. The number of hydrogen-bond acceptors (Lipinski definition) is 4. The zero-order valence-corrected chi connectivity index (χ0v) is 13.4. The van der Waals surface area contributed by atoms with Crippen molar-refractivity contribution in [1.82, 2.24) is 9.21 Å². The van der Waals surface area contributed by atoms with Crippen LogP contribution in [0.2, 0.25) is 5.02 Å². The third-order valence-corrected chi connectivity index (χ3v) is 5.20. The average molecular weight is 336 g/mol. The molecule has 1 aliphatic heterocycles. The molecule has 0 bridgehead atoms. The molecule has 1 heterocycles. The Morgan fingerprint density at radius 2 is 1.90 bits per heavy atom. The standard InChI is InChI=1S/C13H19ClFN3O2S/c1-21(19,20)18-4-2-17(3-5-18)13(9-16)10-6-11(14)8-12(15)7-10/h6-8,13H,2-5,9,16H2,1H3. The van der Waals surface area contributed by atoms with E-state index in [0.717, 1.165) is 5.56 Å². The van der Waals surface area contributed by atoms with Crippen LogP contribution in [0.15, 0.2) is 18.2 Å². The van der Waals surface area contributed by atoms with E-state index in [0.29, 0.717) is 37.7 Å². The molecule has 8 heteroatoms. The summed E-state index contributed by atoms with van der Waals surface area (Å²) in [5, 5.41) is 0.332. The number of halogens is 2. The van der Waals surface area contributed by atoms with Crippen LogP contribution in [0.4, 0.5) is 4.39 Å². The van der Waals surface area contributed by atoms with Gasteiger partial charge in [-0.2, -0.15) is 4.31 Å². The molecule has 5 nitrogen and oxygen atoms in total. The summed E-state index contributed by atoms with van der Waals surface area (Å²) in [6, 6.07) is 4.21. The lowest BCUT2D eigenvalue weighted by molar-refractivity contribution is 0.140. The summed E-state index contributed by atoms with van der Waals surface area (Å²) in [7, 11) is -3.17. The summed E-state index contributed by atoms with van der Waals surface area (Å²) in [6.45, 7) is 2.27. The lowest BCUT2D eigenvalue weighted by Crippen LogP contribution is -2.50. The summed E-state index contributed by atoms with van der Waals surface area (Å²) in [6.07, 6.45) is 1.20. The number of nitrogens with two attached hydrogens (primary N) is 1. The van der Waals surface area contributed by atoms with Gasteiger partial charge in [-0.05, 0) is 23.8 Å². The van der Waals surface area contributed by atoms with E-state index in [1.54, 1.807) is 6.07 Å². The van der Waals surface area contributed by atoms with E-state index >= 15 is 0 Å². The van der Waals surface area contributed by atoms with Crippen molar-refractivity contribution in [2.45, 2.75) is 6.04 Å². The molecule has 1 saturated heterocycles. The molecule has 0 aromatic heterocycles. The molecule has 0 spiro atoms. The minimum atomic E-state index is -3.17. The highest BCUT2D eigenvalue weighted by Crippen LogP contribution is 2.25. The maximum Gasteiger partial charge on any atom is 0.211 e. The second-order valence-corrected chi connectivity index (χ2v) is 7.57. The molecule has 0 amide bonds. The molecule has 1 aromatic carbocycles. The van der Waals surface area contributed by atoms with E-state index in [2.05, 4.69) is 4.90 Å². The van der Waals surface area contributed by atoms with E-state index in [-0.39, 0.29) is 6.04 Å². The van der Waals surface area contributed by atoms with E-state index in [9.17, 15) is 12.8 Å². The summed E-state index contributed by atoms with van der Waals surface area (Å²) in [5.74, 6) is -0.397. The molecular formula is C13H19ClFN3O2S. The summed E-state index contributed by atoms with van der Waals surface area (Å²) in [5.41, 5.74) is 6.54. The van der Waals surface area contributed by atoms with Crippen molar-refractivity contribution in [3.63, 3.8) is 0 Å². The maximum atomic E-state index is 13.5. The largest absolute Gasteiger partial charge is 0.329 e. The molecule has 0 aliphatic carbocycles. The highest BCUT2D eigenvalue weighted by molar-refractivity contribution is 7.88. The van der Waals surface area contributed by atoms with Gasteiger partial charge in [0.1, 0.15) is 5.82 Å². The third kappa shape index (κ3) is 4.14. The number of rotatable bonds is 4. The van der Waals surface area contributed by atoms with Gasteiger partial charge in [-0.3, -0.25) is 4.90 Å². The molecule has 1 unspecified atom stereocenters. The fourth-order valence-corrected chi connectivity index (χ4v) is 3.67. The van der Waals surface area contributed by atoms with Crippen LogP contribution in [0, 0.1) is 5.82 Å². The molecular weight excluding hydrogens is 317 g/mol. The van der Waals surface area contributed by atoms with Gasteiger partial charge >= 0.3 is 0 Å². The quantitative estimate of drug-likeness (QED) is 0.893. The van der Waals surface area contributed by atoms with Gasteiger partial charge in [-0.1, -0.05) is 11.6 Å². The Kier molecular flexibility index (Phi) is 5.21. The van der Waals surface area contributed by atoms with Crippen molar-refractivity contribution < 1.29 is 12.8 Å². The minimum absolute atomic E-state index is 0.167. The second kappa shape index (κ2) is 6.58. The number of piperazine rings is 1. The van der Waals surface area contributed by atoms with Crippen molar-refractivity contribution in [1.29, 1.82) is 0 Å². The van der Waals surface area contributed by atoms with Crippen LogP contribution in [0.5, 0.6) is 0 Å². The van der Waals surface area contributed by atoms with Crippen molar-refractivity contribution in [3.05, 3.63) is 34.6 Å². The molecule has 1 aliphatic rings. The molecule has 1 fully saturated rings. The van der Waals surface area contributed by atoms with E-state index in [4.69, 9.17) is 17.3 Å². The van der Waals surface area contributed by atoms with Crippen LogP contribution >= 0.6 is 11.6 Å². The number of sulfonamides is 1. The second-order valence-electron chi connectivity index (χ2n) is 5.15. The summed E-state index contributed by atoms with van der Waals surface area (Å²) < 4.78 is 37.9. The number of benzene rings is 1. The smallest absolute Gasteiger partial charge is 0.211 e. The maximum absolute atomic E-state index is 13.5. The minimum Gasteiger partial charge on any atom is -0.329 e. The summed E-state index contributed by atoms with van der Waals surface area (Å²) >= 11 is 5.89. The van der Waals surface area contributed by atoms with E-state index in [1.807, 2.05) is 0 Å². The molecule has 0 saturated carbocycles. The number of nitrogens with zero attached hydrogens (tertiary/aromatic N) is 2. The van der Waals surface area contributed by atoms with Crippen LogP contribution in [-0.2, 0) is 10.0 Å². The highest BCUT2D eigenvalue weighted by Gasteiger charge is 2.28. The molecule has 1 atom stereocenters. The van der Waals surface area contributed by atoms with Gasteiger partial charge < -0.3 is 5.73 Å². The Balaban J connectivity index is 2.13. The Morgan fingerprint density at radius 3 is 2.38 bits per heavy atom. The molecule has 1 aromatic rings. The van der Waals surface area contributed by atoms with Crippen LogP contribution < -0.4 is 5.73 Å².